The monoisotopic (exact) mass is 417 g/mol. The maximum Gasteiger partial charge on any atom is 0.337 e. The van der Waals surface area contributed by atoms with E-state index in [4.69, 9.17) is 0 Å². The molecule has 0 spiro atoms. The van der Waals surface area contributed by atoms with E-state index < -0.39 is 11.5 Å². The van der Waals surface area contributed by atoms with E-state index in [1.165, 1.54) is 10.5 Å². The molecule has 4 rings (SSSR count). The normalized spacial score (nSPS) is 14.5. The van der Waals surface area contributed by atoms with Crippen molar-refractivity contribution in [2.45, 2.75) is 45.2 Å². The smallest absolute Gasteiger partial charge is 0.337 e. The van der Waals surface area contributed by atoms with Crippen molar-refractivity contribution >= 4 is 23.1 Å². The molecule has 31 heavy (non-hydrogen) atoms. The van der Waals surface area contributed by atoms with E-state index in [-0.39, 0.29) is 23.2 Å². The lowest BCUT2D eigenvalue weighted by Gasteiger charge is -2.27. The Labute approximate surface area is 179 Å². The zero-order valence-electron chi connectivity index (χ0n) is 17.3. The van der Waals surface area contributed by atoms with Gasteiger partial charge in [-0.2, -0.15) is 5.26 Å². The highest BCUT2D eigenvalue weighted by molar-refractivity contribution is 5.94. The maximum atomic E-state index is 13.1. The minimum atomic E-state index is -1.02. The van der Waals surface area contributed by atoms with Gasteiger partial charge in [0.15, 0.2) is 11.4 Å². The number of anilines is 2. The van der Waals surface area contributed by atoms with Crippen LogP contribution < -0.4 is 16.2 Å². The molecule has 2 heterocycles. The molecule has 1 aliphatic rings. The van der Waals surface area contributed by atoms with E-state index >= 15 is 0 Å². The van der Waals surface area contributed by atoms with Crippen LogP contribution in [0.2, 0.25) is 0 Å². The number of nitrogens with zero attached hydrogens (tertiary/aromatic N) is 3. The number of carboxylic acid groups (broad SMARTS) is 1. The zero-order valence-corrected chi connectivity index (χ0v) is 17.3. The van der Waals surface area contributed by atoms with E-state index in [0.29, 0.717) is 17.2 Å². The van der Waals surface area contributed by atoms with Gasteiger partial charge in [0.05, 0.1) is 11.6 Å². The van der Waals surface area contributed by atoms with Gasteiger partial charge >= 0.3 is 5.97 Å². The third-order valence-corrected chi connectivity index (χ3v) is 5.64. The van der Waals surface area contributed by atoms with Crippen LogP contribution in [0.3, 0.4) is 0 Å². The average Bonchev–Trinajstić information content (AvgIpc) is 2.71. The molecule has 0 saturated heterocycles. The van der Waals surface area contributed by atoms with Gasteiger partial charge in [-0.1, -0.05) is 12.1 Å². The van der Waals surface area contributed by atoms with Crippen LogP contribution in [-0.2, 0) is 0 Å². The van der Waals surface area contributed by atoms with Gasteiger partial charge in [-0.3, -0.25) is 9.20 Å². The van der Waals surface area contributed by atoms with E-state index in [1.54, 1.807) is 24.4 Å². The third-order valence-electron chi connectivity index (χ3n) is 5.64. The molecule has 8 nitrogen and oxygen atoms in total. The minimum Gasteiger partial charge on any atom is -0.478 e. The highest BCUT2D eigenvalue weighted by atomic mass is 16.4. The number of aromatic carboxylic acids is 1. The molecule has 0 bridgehead atoms. The van der Waals surface area contributed by atoms with Crippen LogP contribution in [0.25, 0.3) is 5.65 Å². The number of benzene rings is 1. The second kappa shape index (κ2) is 8.11. The van der Waals surface area contributed by atoms with Gasteiger partial charge in [0.25, 0.3) is 5.56 Å². The van der Waals surface area contributed by atoms with Crippen molar-refractivity contribution in [1.82, 2.24) is 9.38 Å². The molecular formula is C23H23N5O3. The van der Waals surface area contributed by atoms with Crippen LogP contribution >= 0.6 is 0 Å². The topological polar surface area (TPSA) is 120 Å². The summed E-state index contributed by atoms with van der Waals surface area (Å²) in [5.74, 6) is -0.718. The molecule has 1 atom stereocenters. The Bertz CT molecular complexity index is 1270. The Balaban J connectivity index is 1.83. The van der Waals surface area contributed by atoms with E-state index in [1.807, 2.05) is 26.0 Å². The van der Waals surface area contributed by atoms with Gasteiger partial charge in [0.1, 0.15) is 11.7 Å². The van der Waals surface area contributed by atoms with Crippen LogP contribution in [0.5, 0.6) is 0 Å². The Morgan fingerprint density at radius 1 is 1.35 bits per heavy atom. The molecule has 2 aromatic heterocycles. The third kappa shape index (κ3) is 3.82. The fourth-order valence-electron chi connectivity index (χ4n) is 3.78. The molecule has 0 unspecified atom stereocenters. The van der Waals surface area contributed by atoms with Crippen LogP contribution in [0.15, 0.2) is 41.3 Å². The molecule has 3 aromatic rings. The molecule has 1 aliphatic carbocycles. The van der Waals surface area contributed by atoms with Gasteiger partial charge < -0.3 is 15.7 Å². The molecule has 1 saturated carbocycles. The van der Waals surface area contributed by atoms with Crippen molar-refractivity contribution in [3.63, 3.8) is 0 Å². The molecule has 0 radical (unpaired) electrons. The van der Waals surface area contributed by atoms with Gasteiger partial charge in [-0.25, -0.2) is 9.78 Å². The van der Waals surface area contributed by atoms with E-state index in [9.17, 15) is 20.0 Å². The van der Waals surface area contributed by atoms with Gasteiger partial charge in [-0.15, -0.1) is 0 Å². The number of nitrogens with one attached hydrogen (secondary N) is 2. The van der Waals surface area contributed by atoms with Crippen molar-refractivity contribution < 1.29 is 9.90 Å². The first kappa shape index (κ1) is 20.4. The highest BCUT2D eigenvalue weighted by Crippen LogP contribution is 2.28. The number of hydrogen-bond donors (Lipinski definition) is 3. The number of fused-ring (bicyclic) bond motifs is 1. The Kier molecular flexibility index (Phi) is 5.34. The lowest BCUT2D eigenvalue weighted by molar-refractivity contribution is 0.0698. The summed E-state index contributed by atoms with van der Waals surface area (Å²) < 4.78 is 1.40. The van der Waals surface area contributed by atoms with Crippen molar-refractivity contribution in [3.05, 3.63) is 69.1 Å². The highest BCUT2D eigenvalue weighted by Gasteiger charge is 2.23. The van der Waals surface area contributed by atoms with Gasteiger partial charge in [0, 0.05) is 23.5 Å². The lowest BCUT2D eigenvalue weighted by Crippen LogP contribution is -2.31. The van der Waals surface area contributed by atoms with Crippen LogP contribution in [0.4, 0.5) is 11.5 Å². The first-order chi connectivity index (χ1) is 14.9. The van der Waals surface area contributed by atoms with Crippen LogP contribution in [0, 0.1) is 18.3 Å². The molecule has 0 amide bonds. The lowest BCUT2D eigenvalue weighted by atomic mass is 9.93. The number of rotatable bonds is 6. The van der Waals surface area contributed by atoms with Crippen molar-refractivity contribution in [3.8, 4) is 6.07 Å². The summed E-state index contributed by atoms with van der Waals surface area (Å²) in [5.41, 5.74) is 2.22. The predicted octanol–water partition coefficient (Wildman–Crippen LogP) is 3.71. The second-order valence-electron chi connectivity index (χ2n) is 7.91. The SMILES string of the molecule is Cc1cc([C@@H](C)Nc2ccccc2C(=O)O)c2nc(NC3CCC3)c(C#N)c(=O)n2c1. The number of nitriles is 1. The van der Waals surface area contributed by atoms with Crippen molar-refractivity contribution in [1.29, 1.82) is 5.26 Å². The van der Waals surface area contributed by atoms with Crippen LogP contribution in [-0.4, -0.2) is 26.5 Å². The molecule has 3 N–H and O–H groups in total. The number of pyridine rings is 1. The number of aryl methyl sites for hydroxylation is 1. The summed E-state index contributed by atoms with van der Waals surface area (Å²) in [7, 11) is 0. The summed E-state index contributed by atoms with van der Waals surface area (Å²) in [4.78, 5) is 29.3. The fraction of sp³-hybridized carbons (Fsp3) is 0.304. The first-order valence-electron chi connectivity index (χ1n) is 10.2. The Hall–Kier alpha value is -3.86. The summed E-state index contributed by atoms with van der Waals surface area (Å²) in [5, 5.41) is 25.5. The second-order valence-corrected chi connectivity index (χ2v) is 7.91. The minimum absolute atomic E-state index is 0.00205. The van der Waals surface area contributed by atoms with Gasteiger partial charge in [0.2, 0.25) is 0 Å². The molecule has 158 valence electrons. The molecule has 8 heteroatoms. The largest absolute Gasteiger partial charge is 0.478 e. The molecule has 1 fully saturated rings. The predicted molar refractivity (Wildman–Crippen MR) is 118 cm³/mol. The van der Waals surface area contributed by atoms with Crippen molar-refractivity contribution in [2.75, 3.05) is 10.6 Å². The Morgan fingerprint density at radius 3 is 2.74 bits per heavy atom. The number of hydrogen-bond acceptors (Lipinski definition) is 6. The fourth-order valence-corrected chi connectivity index (χ4v) is 3.78. The number of carbonyl (C=O) groups is 1. The summed E-state index contributed by atoms with van der Waals surface area (Å²) in [6.07, 6.45) is 4.74. The molecule has 0 aliphatic heterocycles. The summed E-state index contributed by atoms with van der Waals surface area (Å²) in [6.45, 7) is 3.75. The average molecular weight is 417 g/mol. The Morgan fingerprint density at radius 2 is 2.10 bits per heavy atom. The maximum absolute atomic E-state index is 13.1. The van der Waals surface area contributed by atoms with E-state index in [0.717, 1.165) is 30.4 Å². The quantitative estimate of drug-likeness (QED) is 0.559. The number of para-hydroxylation sites is 1. The number of aromatic nitrogens is 2. The zero-order chi connectivity index (χ0) is 22.1. The van der Waals surface area contributed by atoms with Gasteiger partial charge in [-0.05, 0) is 56.9 Å². The van der Waals surface area contributed by atoms with Crippen molar-refractivity contribution in [2.24, 2.45) is 0 Å². The molecular weight excluding hydrogens is 394 g/mol. The molecule has 1 aromatic carbocycles. The summed E-state index contributed by atoms with van der Waals surface area (Å²) in [6, 6.07) is 10.5. The van der Waals surface area contributed by atoms with E-state index in [2.05, 4.69) is 15.6 Å². The standard InChI is InChI=1S/C23H23N5O3/c1-13-10-17(14(2)25-19-9-4-3-8-16(19)23(30)31)21-27-20(26-15-6-5-7-15)18(11-24)22(29)28(21)12-13/h3-4,8-10,12,14-15,25-26H,5-7H2,1-2H3,(H,30,31)/t14-/m1/s1. The van der Waals surface area contributed by atoms with Crippen LogP contribution in [0.1, 0.15) is 59.3 Å². The first-order valence-corrected chi connectivity index (χ1v) is 10.2. The summed E-state index contributed by atoms with van der Waals surface area (Å²) >= 11 is 0. The number of carboxylic acids is 1.